The van der Waals surface area contributed by atoms with E-state index in [4.69, 9.17) is 4.74 Å². The smallest absolute Gasteiger partial charge is 0.220 e. The van der Waals surface area contributed by atoms with Crippen molar-refractivity contribution in [2.45, 2.75) is 53.0 Å². The maximum absolute atomic E-state index is 12.3. The third kappa shape index (κ3) is 6.87. The number of aryl methyl sites for hydroxylation is 2. The van der Waals surface area contributed by atoms with Crippen molar-refractivity contribution in [3.05, 3.63) is 29.3 Å². The highest BCUT2D eigenvalue weighted by Crippen LogP contribution is 2.23. The molecule has 0 bridgehead atoms. The standard InChI is InChI=1S/C20H32N2O2.ClH/c1-14-7-5-8-15(2)20(14)24-13-17(4)22-19(23)11-16(3)18-9-6-10-21-12-18;/h5,7-8,16-18,21H,6,9-13H2,1-4H3,(H,22,23);1H. The molecule has 2 rings (SSSR count). The normalized spacial score (nSPS) is 19.4. The van der Waals surface area contributed by atoms with Crippen LogP contribution < -0.4 is 15.4 Å². The third-order valence-electron chi connectivity index (χ3n) is 4.94. The molecule has 1 aromatic rings. The predicted octanol–water partition coefficient (Wildman–Crippen LogP) is 3.63. The van der Waals surface area contributed by atoms with Crippen molar-refractivity contribution in [1.29, 1.82) is 0 Å². The minimum Gasteiger partial charge on any atom is -0.491 e. The lowest BCUT2D eigenvalue weighted by molar-refractivity contribution is -0.123. The van der Waals surface area contributed by atoms with Crippen molar-refractivity contribution in [3.63, 3.8) is 0 Å². The molecule has 0 saturated carbocycles. The first-order valence-corrected chi connectivity index (χ1v) is 9.16. The highest BCUT2D eigenvalue weighted by atomic mass is 35.5. The zero-order valence-electron chi connectivity index (χ0n) is 15.9. The lowest BCUT2D eigenvalue weighted by atomic mass is 9.85. The maximum atomic E-state index is 12.3. The van der Waals surface area contributed by atoms with Gasteiger partial charge < -0.3 is 15.4 Å². The van der Waals surface area contributed by atoms with Crippen LogP contribution in [0.3, 0.4) is 0 Å². The Labute approximate surface area is 158 Å². The molecule has 3 unspecified atom stereocenters. The van der Waals surface area contributed by atoms with Gasteiger partial charge in [-0.3, -0.25) is 4.79 Å². The summed E-state index contributed by atoms with van der Waals surface area (Å²) in [5.74, 6) is 2.10. The van der Waals surface area contributed by atoms with Gasteiger partial charge in [0.2, 0.25) is 5.91 Å². The second-order valence-electron chi connectivity index (χ2n) is 7.29. The summed E-state index contributed by atoms with van der Waals surface area (Å²) in [6, 6.07) is 6.13. The first kappa shape index (κ1) is 21.8. The maximum Gasteiger partial charge on any atom is 0.220 e. The lowest BCUT2D eigenvalue weighted by Crippen LogP contribution is -2.39. The van der Waals surface area contributed by atoms with Crippen molar-refractivity contribution >= 4 is 18.3 Å². The summed E-state index contributed by atoms with van der Waals surface area (Å²) >= 11 is 0. The quantitative estimate of drug-likeness (QED) is 0.772. The van der Waals surface area contributed by atoms with Gasteiger partial charge in [-0.25, -0.2) is 0 Å². The van der Waals surface area contributed by atoms with E-state index in [0.717, 1.165) is 30.0 Å². The van der Waals surface area contributed by atoms with Crippen LogP contribution in [0.5, 0.6) is 5.75 Å². The summed E-state index contributed by atoms with van der Waals surface area (Å²) in [4.78, 5) is 12.3. The van der Waals surface area contributed by atoms with E-state index in [1.165, 1.54) is 12.8 Å². The number of para-hydroxylation sites is 1. The summed E-state index contributed by atoms with van der Waals surface area (Å²) in [5, 5.41) is 6.50. The van der Waals surface area contributed by atoms with E-state index >= 15 is 0 Å². The first-order chi connectivity index (χ1) is 11.5. The summed E-state index contributed by atoms with van der Waals surface area (Å²) < 4.78 is 5.93. The average molecular weight is 369 g/mol. The van der Waals surface area contributed by atoms with Crippen LogP contribution in [0.25, 0.3) is 0 Å². The second kappa shape index (κ2) is 10.7. The monoisotopic (exact) mass is 368 g/mol. The van der Waals surface area contributed by atoms with Gasteiger partial charge in [-0.2, -0.15) is 0 Å². The number of carbonyl (C=O) groups is 1. The predicted molar refractivity (Wildman–Crippen MR) is 106 cm³/mol. The fourth-order valence-electron chi connectivity index (χ4n) is 3.43. The topological polar surface area (TPSA) is 50.4 Å². The van der Waals surface area contributed by atoms with Crippen LogP contribution in [-0.2, 0) is 4.79 Å². The molecule has 1 saturated heterocycles. The van der Waals surface area contributed by atoms with Crippen LogP contribution in [-0.4, -0.2) is 31.6 Å². The molecule has 3 atom stereocenters. The van der Waals surface area contributed by atoms with E-state index in [1.54, 1.807) is 0 Å². The van der Waals surface area contributed by atoms with Crippen molar-refractivity contribution in [3.8, 4) is 5.75 Å². The average Bonchev–Trinajstić information content (AvgIpc) is 2.55. The molecule has 1 amide bonds. The number of ether oxygens (including phenoxy) is 1. The molecule has 0 radical (unpaired) electrons. The van der Waals surface area contributed by atoms with Gasteiger partial charge in [0.1, 0.15) is 12.4 Å². The lowest BCUT2D eigenvalue weighted by Gasteiger charge is -2.28. The van der Waals surface area contributed by atoms with Gasteiger partial charge in [0.25, 0.3) is 0 Å². The molecule has 0 aromatic heterocycles. The van der Waals surface area contributed by atoms with Gasteiger partial charge in [-0.1, -0.05) is 25.1 Å². The summed E-state index contributed by atoms with van der Waals surface area (Å²) in [6.07, 6.45) is 3.05. The SMILES string of the molecule is Cc1cccc(C)c1OCC(C)NC(=O)CC(C)C1CCCNC1.Cl. The van der Waals surface area contributed by atoms with Gasteiger partial charge in [0.15, 0.2) is 0 Å². The number of carbonyl (C=O) groups excluding carboxylic acids is 1. The highest BCUT2D eigenvalue weighted by molar-refractivity contribution is 5.85. The number of hydrogen-bond donors (Lipinski definition) is 2. The fraction of sp³-hybridized carbons (Fsp3) is 0.650. The molecule has 4 nitrogen and oxygen atoms in total. The van der Waals surface area contributed by atoms with E-state index in [0.29, 0.717) is 24.9 Å². The molecule has 1 aliphatic rings. The van der Waals surface area contributed by atoms with Gasteiger partial charge in [0, 0.05) is 6.42 Å². The zero-order chi connectivity index (χ0) is 17.5. The minimum absolute atomic E-state index is 0. The van der Waals surface area contributed by atoms with Crippen molar-refractivity contribution < 1.29 is 9.53 Å². The van der Waals surface area contributed by atoms with Crippen LogP contribution in [0, 0.1) is 25.7 Å². The first-order valence-electron chi connectivity index (χ1n) is 9.16. The van der Waals surface area contributed by atoms with E-state index in [9.17, 15) is 4.79 Å². The molecule has 5 heteroatoms. The number of benzene rings is 1. The Bertz CT molecular complexity index is 524. The second-order valence-corrected chi connectivity index (χ2v) is 7.29. The van der Waals surface area contributed by atoms with Crippen LogP contribution >= 0.6 is 12.4 Å². The summed E-state index contributed by atoms with van der Waals surface area (Å²) in [7, 11) is 0. The molecular weight excluding hydrogens is 336 g/mol. The Morgan fingerprint density at radius 1 is 1.32 bits per heavy atom. The van der Waals surface area contributed by atoms with Crippen molar-refractivity contribution in [2.75, 3.05) is 19.7 Å². The molecule has 2 N–H and O–H groups in total. The largest absolute Gasteiger partial charge is 0.491 e. The molecule has 1 fully saturated rings. The number of piperidine rings is 1. The number of rotatable bonds is 7. The molecule has 1 aromatic carbocycles. The van der Waals surface area contributed by atoms with E-state index in [1.807, 2.05) is 39.0 Å². The Morgan fingerprint density at radius 3 is 2.60 bits per heavy atom. The minimum atomic E-state index is 0. The van der Waals surface area contributed by atoms with Crippen LogP contribution in [0.15, 0.2) is 18.2 Å². The van der Waals surface area contributed by atoms with Crippen molar-refractivity contribution in [2.24, 2.45) is 11.8 Å². The zero-order valence-corrected chi connectivity index (χ0v) is 16.7. The Morgan fingerprint density at radius 2 is 2.00 bits per heavy atom. The molecule has 1 aliphatic heterocycles. The van der Waals surface area contributed by atoms with Gasteiger partial charge >= 0.3 is 0 Å². The third-order valence-corrected chi connectivity index (χ3v) is 4.94. The van der Waals surface area contributed by atoms with E-state index < -0.39 is 0 Å². The molecule has 0 aliphatic carbocycles. The van der Waals surface area contributed by atoms with Gasteiger partial charge in [-0.05, 0) is 69.7 Å². The molecule has 1 heterocycles. The van der Waals surface area contributed by atoms with Crippen LogP contribution in [0.2, 0.25) is 0 Å². The highest BCUT2D eigenvalue weighted by Gasteiger charge is 2.22. The molecule has 25 heavy (non-hydrogen) atoms. The Kier molecular flexibility index (Phi) is 9.30. The molecular formula is C20H33ClN2O2. The van der Waals surface area contributed by atoms with Gasteiger partial charge in [0.05, 0.1) is 6.04 Å². The molecule has 142 valence electrons. The van der Waals surface area contributed by atoms with Gasteiger partial charge in [-0.15, -0.1) is 12.4 Å². The summed E-state index contributed by atoms with van der Waals surface area (Å²) in [6.45, 7) is 10.9. The number of hydrogen-bond acceptors (Lipinski definition) is 3. The number of amides is 1. The van der Waals surface area contributed by atoms with Crippen molar-refractivity contribution in [1.82, 2.24) is 10.6 Å². The van der Waals surface area contributed by atoms with Crippen LogP contribution in [0.4, 0.5) is 0 Å². The number of halogens is 1. The van der Waals surface area contributed by atoms with E-state index in [2.05, 4.69) is 17.6 Å². The number of nitrogens with one attached hydrogen (secondary N) is 2. The Balaban J connectivity index is 0.00000312. The fourth-order valence-corrected chi connectivity index (χ4v) is 3.43. The summed E-state index contributed by atoms with van der Waals surface area (Å²) in [5.41, 5.74) is 2.26. The van der Waals surface area contributed by atoms with Crippen LogP contribution in [0.1, 0.15) is 44.2 Å². The van der Waals surface area contributed by atoms with E-state index in [-0.39, 0.29) is 24.4 Å². The molecule has 0 spiro atoms. The Hall–Kier alpha value is -1.26.